The summed E-state index contributed by atoms with van der Waals surface area (Å²) in [4.78, 5) is 4.37. The summed E-state index contributed by atoms with van der Waals surface area (Å²) in [6.07, 6.45) is 2.89. The molecule has 5 nitrogen and oxygen atoms in total. The molecule has 0 bridgehead atoms. The van der Waals surface area contributed by atoms with E-state index in [0.717, 1.165) is 24.6 Å². The Morgan fingerprint density at radius 1 is 1.17 bits per heavy atom. The SMILES string of the molecule is CCCNc1cccc(NCCCS(C)(=O)=O)n1. The van der Waals surface area contributed by atoms with Crippen LogP contribution in [0, 0.1) is 0 Å². The van der Waals surface area contributed by atoms with Crippen molar-refractivity contribution < 1.29 is 8.42 Å². The molecule has 0 fully saturated rings. The molecule has 102 valence electrons. The van der Waals surface area contributed by atoms with Crippen LogP contribution in [0.15, 0.2) is 18.2 Å². The number of anilines is 2. The molecule has 6 heteroatoms. The van der Waals surface area contributed by atoms with Gasteiger partial charge in [-0.2, -0.15) is 0 Å². The highest BCUT2D eigenvalue weighted by Gasteiger charge is 2.01. The lowest BCUT2D eigenvalue weighted by molar-refractivity contribution is 0.600. The molecule has 1 rings (SSSR count). The quantitative estimate of drug-likeness (QED) is 0.705. The molecule has 18 heavy (non-hydrogen) atoms. The molecule has 2 N–H and O–H groups in total. The highest BCUT2D eigenvalue weighted by molar-refractivity contribution is 7.90. The number of sulfone groups is 1. The molecule has 0 aliphatic carbocycles. The number of rotatable bonds is 8. The molecule has 0 aliphatic rings. The van der Waals surface area contributed by atoms with Gasteiger partial charge in [-0.25, -0.2) is 13.4 Å². The number of hydrogen-bond acceptors (Lipinski definition) is 5. The summed E-state index contributed by atoms with van der Waals surface area (Å²) in [5, 5.41) is 6.32. The minimum atomic E-state index is -2.87. The highest BCUT2D eigenvalue weighted by atomic mass is 32.2. The van der Waals surface area contributed by atoms with Gasteiger partial charge in [0.05, 0.1) is 5.75 Å². The lowest BCUT2D eigenvalue weighted by atomic mass is 10.4. The molecule has 1 aromatic rings. The maximum Gasteiger partial charge on any atom is 0.147 e. The van der Waals surface area contributed by atoms with E-state index < -0.39 is 9.84 Å². The number of hydrogen-bond donors (Lipinski definition) is 2. The largest absolute Gasteiger partial charge is 0.370 e. The van der Waals surface area contributed by atoms with E-state index in [1.165, 1.54) is 6.26 Å². The normalized spacial score (nSPS) is 11.2. The van der Waals surface area contributed by atoms with E-state index in [2.05, 4.69) is 22.5 Å². The molecule has 0 saturated heterocycles. The Balaban J connectivity index is 2.38. The van der Waals surface area contributed by atoms with Crippen LogP contribution < -0.4 is 10.6 Å². The van der Waals surface area contributed by atoms with Gasteiger partial charge in [0.2, 0.25) is 0 Å². The first-order valence-corrected chi connectivity index (χ1v) is 8.20. The molecule has 1 aromatic heterocycles. The van der Waals surface area contributed by atoms with Crippen molar-refractivity contribution in [3.63, 3.8) is 0 Å². The Morgan fingerprint density at radius 3 is 2.33 bits per heavy atom. The van der Waals surface area contributed by atoms with Crippen molar-refractivity contribution in [2.45, 2.75) is 19.8 Å². The van der Waals surface area contributed by atoms with E-state index in [9.17, 15) is 8.42 Å². The summed E-state index contributed by atoms with van der Waals surface area (Å²) in [5.74, 6) is 1.81. The maximum absolute atomic E-state index is 11.0. The summed E-state index contributed by atoms with van der Waals surface area (Å²) in [5.41, 5.74) is 0. The van der Waals surface area contributed by atoms with E-state index in [4.69, 9.17) is 0 Å². The fraction of sp³-hybridized carbons (Fsp3) is 0.583. The molecule has 0 spiro atoms. The third kappa shape index (κ3) is 6.44. The standard InChI is InChI=1S/C12H21N3O2S/c1-3-8-13-11-6-4-7-12(15-11)14-9-5-10-18(2,16)17/h4,6-7H,3,5,8-10H2,1-2H3,(H2,13,14,15). The lowest BCUT2D eigenvalue weighted by Gasteiger charge is -2.08. The smallest absolute Gasteiger partial charge is 0.147 e. The molecule has 0 atom stereocenters. The fourth-order valence-electron chi connectivity index (χ4n) is 1.44. The Hall–Kier alpha value is -1.30. The topological polar surface area (TPSA) is 71.1 Å². The van der Waals surface area contributed by atoms with Crippen LogP contribution in [0.2, 0.25) is 0 Å². The third-order valence-electron chi connectivity index (χ3n) is 2.30. The first kappa shape index (κ1) is 14.8. The molecule has 1 heterocycles. The average molecular weight is 271 g/mol. The van der Waals surface area contributed by atoms with E-state index in [-0.39, 0.29) is 5.75 Å². The molecule has 0 saturated carbocycles. The molecular weight excluding hydrogens is 250 g/mol. The zero-order valence-corrected chi connectivity index (χ0v) is 11.8. The zero-order chi connectivity index (χ0) is 13.4. The molecule has 0 radical (unpaired) electrons. The van der Waals surface area contributed by atoms with Gasteiger partial charge >= 0.3 is 0 Å². The van der Waals surface area contributed by atoms with Crippen LogP contribution >= 0.6 is 0 Å². The highest BCUT2D eigenvalue weighted by Crippen LogP contribution is 2.09. The van der Waals surface area contributed by atoms with Crippen LogP contribution in [0.1, 0.15) is 19.8 Å². The minimum absolute atomic E-state index is 0.202. The van der Waals surface area contributed by atoms with Gasteiger partial charge in [-0.15, -0.1) is 0 Å². The first-order chi connectivity index (χ1) is 8.51. The average Bonchev–Trinajstić information content (AvgIpc) is 2.31. The van der Waals surface area contributed by atoms with Crippen molar-refractivity contribution >= 4 is 21.5 Å². The monoisotopic (exact) mass is 271 g/mol. The van der Waals surface area contributed by atoms with Crippen molar-refractivity contribution in [1.29, 1.82) is 0 Å². The van der Waals surface area contributed by atoms with Crippen molar-refractivity contribution in [3.05, 3.63) is 18.2 Å². The van der Waals surface area contributed by atoms with Crippen LogP contribution in [0.5, 0.6) is 0 Å². The summed E-state index contributed by atoms with van der Waals surface area (Å²) < 4.78 is 21.9. The van der Waals surface area contributed by atoms with Crippen LogP contribution in [0.3, 0.4) is 0 Å². The Labute approximate surface area is 109 Å². The van der Waals surface area contributed by atoms with Crippen molar-refractivity contribution in [1.82, 2.24) is 4.98 Å². The molecule has 0 aliphatic heterocycles. The maximum atomic E-state index is 11.0. The second-order valence-corrected chi connectivity index (χ2v) is 6.50. The van der Waals surface area contributed by atoms with Crippen LogP contribution in [-0.4, -0.2) is 38.5 Å². The zero-order valence-electron chi connectivity index (χ0n) is 10.9. The predicted octanol–water partition coefficient (Wildman–Crippen LogP) is 1.75. The van der Waals surface area contributed by atoms with Crippen LogP contribution in [0.25, 0.3) is 0 Å². The van der Waals surface area contributed by atoms with E-state index in [0.29, 0.717) is 13.0 Å². The first-order valence-electron chi connectivity index (χ1n) is 6.14. The number of pyridine rings is 1. The summed E-state index contributed by atoms with van der Waals surface area (Å²) in [6.45, 7) is 3.60. The van der Waals surface area contributed by atoms with Gasteiger partial charge in [-0.3, -0.25) is 0 Å². The second kappa shape index (κ2) is 7.20. The van der Waals surface area contributed by atoms with E-state index >= 15 is 0 Å². The van der Waals surface area contributed by atoms with Crippen molar-refractivity contribution in [3.8, 4) is 0 Å². The van der Waals surface area contributed by atoms with Gasteiger partial charge < -0.3 is 10.6 Å². The Bertz CT molecular complexity index is 460. The fourth-order valence-corrected chi connectivity index (χ4v) is 2.10. The van der Waals surface area contributed by atoms with Crippen molar-refractivity contribution in [2.24, 2.45) is 0 Å². The second-order valence-electron chi connectivity index (χ2n) is 4.25. The van der Waals surface area contributed by atoms with E-state index in [1.54, 1.807) is 0 Å². The van der Waals surface area contributed by atoms with Gasteiger partial charge in [-0.1, -0.05) is 13.0 Å². The number of nitrogens with zero attached hydrogens (tertiary/aromatic N) is 1. The minimum Gasteiger partial charge on any atom is -0.370 e. The molecular formula is C12H21N3O2S. The Morgan fingerprint density at radius 2 is 1.78 bits per heavy atom. The van der Waals surface area contributed by atoms with Gasteiger partial charge in [0.15, 0.2) is 0 Å². The molecule has 0 unspecified atom stereocenters. The summed E-state index contributed by atoms with van der Waals surface area (Å²) >= 11 is 0. The lowest BCUT2D eigenvalue weighted by Crippen LogP contribution is -2.11. The summed E-state index contributed by atoms with van der Waals surface area (Å²) in [6, 6.07) is 5.71. The third-order valence-corrected chi connectivity index (χ3v) is 3.33. The van der Waals surface area contributed by atoms with Gasteiger partial charge in [-0.05, 0) is 25.0 Å². The van der Waals surface area contributed by atoms with Gasteiger partial charge in [0.25, 0.3) is 0 Å². The Kier molecular flexibility index (Phi) is 5.91. The number of aromatic nitrogens is 1. The van der Waals surface area contributed by atoms with Crippen molar-refractivity contribution in [2.75, 3.05) is 35.7 Å². The molecule has 0 amide bonds. The van der Waals surface area contributed by atoms with Gasteiger partial charge in [0.1, 0.15) is 21.5 Å². The predicted molar refractivity (Wildman–Crippen MR) is 75.8 cm³/mol. The molecule has 0 aromatic carbocycles. The van der Waals surface area contributed by atoms with Crippen LogP contribution in [-0.2, 0) is 9.84 Å². The van der Waals surface area contributed by atoms with E-state index in [1.807, 2.05) is 18.2 Å². The van der Waals surface area contributed by atoms with Gasteiger partial charge in [0, 0.05) is 19.3 Å². The van der Waals surface area contributed by atoms with Crippen LogP contribution in [0.4, 0.5) is 11.6 Å². The number of nitrogens with one attached hydrogen (secondary N) is 2. The summed E-state index contributed by atoms with van der Waals surface area (Å²) in [7, 11) is -2.87.